The van der Waals surface area contributed by atoms with Gasteiger partial charge in [0.25, 0.3) is 0 Å². The topological polar surface area (TPSA) is 9.23 Å². The maximum Gasteiger partial charge on any atom is 0.167 e. The summed E-state index contributed by atoms with van der Waals surface area (Å²) < 4.78 is 31.0. The van der Waals surface area contributed by atoms with Gasteiger partial charge in [-0.3, -0.25) is 0 Å². The van der Waals surface area contributed by atoms with Crippen molar-refractivity contribution in [2.75, 3.05) is 12.4 Å². The molecule has 16 heavy (non-hydrogen) atoms. The Morgan fingerprint density at radius 2 is 2.06 bits per heavy atom. The average molecular weight is 246 g/mol. The molecule has 0 bridgehead atoms. The van der Waals surface area contributed by atoms with E-state index in [0.717, 1.165) is 24.7 Å². The molecule has 90 valence electrons. The van der Waals surface area contributed by atoms with Gasteiger partial charge in [-0.05, 0) is 36.6 Å². The van der Waals surface area contributed by atoms with Gasteiger partial charge in [-0.1, -0.05) is 6.92 Å². The molecule has 0 saturated carbocycles. The summed E-state index contributed by atoms with van der Waals surface area (Å²) in [6.45, 7) is 2.54. The van der Waals surface area contributed by atoms with Crippen molar-refractivity contribution in [2.24, 2.45) is 5.92 Å². The highest BCUT2D eigenvalue weighted by atomic mass is 32.1. The van der Waals surface area contributed by atoms with E-state index in [1.54, 1.807) is 0 Å². The molecular formula is C12H16F2OS. The Bertz CT molecular complexity index is 331. The molecule has 1 aromatic carbocycles. The molecule has 4 heteroatoms. The van der Waals surface area contributed by atoms with Crippen LogP contribution in [-0.4, -0.2) is 12.4 Å². The first-order valence-corrected chi connectivity index (χ1v) is 5.95. The Labute approximate surface area is 100 Å². The molecule has 1 aromatic rings. The van der Waals surface area contributed by atoms with Gasteiger partial charge in [0.15, 0.2) is 11.6 Å². The van der Waals surface area contributed by atoms with Crippen molar-refractivity contribution in [1.82, 2.24) is 0 Å². The van der Waals surface area contributed by atoms with Crippen LogP contribution in [0.2, 0.25) is 0 Å². The summed E-state index contributed by atoms with van der Waals surface area (Å²) in [5, 5.41) is 0. The zero-order chi connectivity index (χ0) is 12.0. The van der Waals surface area contributed by atoms with Gasteiger partial charge in [-0.15, -0.1) is 0 Å². The van der Waals surface area contributed by atoms with Crippen molar-refractivity contribution in [3.8, 4) is 5.75 Å². The van der Waals surface area contributed by atoms with Gasteiger partial charge in [0.05, 0.1) is 6.61 Å². The largest absolute Gasteiger partial charge is 0.491 e. The van der Waals surface area contributed by atoms with E-state index >= 15 is 0 Å². The van der Waals surface area contributed by atoms with Crippen LogP contribution >= 0.6 is 12.6 Å². The van der Waals surface area contributed by atoms with Crippen molar-refractivity contribution >= 4 is 12.6 Å². The van der Waals surface area contributed by atoms with E-state index in [1.807, 2.05) is 0 Å². The van der Waals surface area contributed by atoms with Crippen LogP contribution in [0.5, 0.6) is 5.75 Å². The number of rotatable bonds is 6. The summed E-state index contributed by atoms with van der Waals surface area (Å²) >= 11 is 4.14. The predicted octanol–water partition coefficient (Wildman–Crippen LogP) is 3.69. The number of benzene rings is 1. The van der Waals surface area contributed by atoms with Crippen LogP contribution < -0.4 is 4.74 Å². The molecule has 0 radical (unpaired) electrons. The van der Waals surface area contributed by atoms with E-state index in [0.29, 0.717) is 12.5 Å². The highest BCUT2D eigenvalue weighted by Gasteiger charge is 2.06. The molecule has 0 heterocycles. The lowest BCUT2D eigenvalue weighted by Gasteiger charge is -2.11. The first-order chi connectivity index (χ1) is 7.63. The third-order valence-electron chi connectivity index (χ3n) is 2.38. The van der Waals surface area contributed by atoms with E-state index in [-0.39, 0.29) is 5.75 Å². The fraction of sp³-hybridized carbons (Fsp3) is 0.500. The molecule has 0 aliphatic heterocycles. The van der Waals surface area contributed by atoms with Crippen molar-refractivity contribution in [2.45, 2.75) is 19.8 Å². The Hall–Kier alpha value is -0.770. The minimum Gasteiger partial charge on any atom is -0.491 e. The molecule has 0 amide bonds. The molecular weight excluding hydrogens is 230 g/mol. The number of halogens is 2. The van der Waals surface area contributed by atoms with Crippen LogP contribution in [0, 0.1) is 17.6 Å². The van der Waals surface area contributed by atoms with E-state index in [1.165, 1.54) is 12.1 Å². The van der Waals surface area contributed by atoms with Gasteiger partial charge in [0, 0.05) is 6.07 Å². The number of ether oxygens (including phenoxy) is 1. The van der Waals surface area contributed by atoms with Crippen molar-refractivity contribution in [3.05, 3.63) is 29.8 Å². The van der Waals surface area contributed by atoms with E-state index < -0.39 is 11.6 Å². The molecule has 0 aromatic heterocycles. The lowest BCUT2D eigenvalue weighted by atomic mass is 10.1. The Kier molecular flexibility index (Phi) is 5.60. The molecule has 0 aliphatic rings. The third-order valence-corrected chi connectivity index (χ3v) is 2.64. The molecule has 1 unspecified atom stereocenters. The van der Waals surface area contributed by atoms with Crippen molar-refractivity contribution in [3.63, 3.8) is 0 Å². The summed E-state index contributed by atoms with van der Waals surface area (Å²) in [6, 6.07) is 3.33. The minimum atomic E-state index is -0.651. The lowest BCUT2D eigenvalue weighted by molar-refractivity contribution is 0.270. The van der Waals surface area contributed by atoms with Gasteiger partial charge in [-0.2, -0.15) is 12.6 Å². The number of hydrogen-bond acceptors (Lipinski definition) is 2. The van der Waals surface area contributed by atoms with E-state index in [4.69, 9.17) is 4.74 Å². The summed E-state index contributed by atoms with van der Waals surface area (Å²) in [6.07, 6.45) is 1.86. The fourth-order valence-electron chi connectivity index (χ4n) is 1.33. The Morgan fingerprint density at radius 1 is 1.31 bits per heavy atom. The second-order valence-electron chi connectivity index (χ2n) is 3.83. The van der Waals surface area contributed by atoms with Crippen LogP contribution in [0.3, 0.4) is 0 Å². The molecule has 1 rings (SSSR count). The second kappa shape index (κ2) is 6.74. The van der Waals surface area contributed by atoms with Crippen molar-refractivity contribution < 1.29 is 13.5 Å². The van der Waals surface area contributed by atoms with Crippen LogP contribution in [0.1, 0.15) is 19.8 Å². The Balaban J connectivity index is 2.37. The SMILES string of the molecule is CC(CCS)CCOc1ccc(F)cc1F. The van der Waals surface area contributed by atoms with Crippen LogP contribution in [-0.2, 0) is 0 Å². The highest BCUT2D eigenvalue weighted by Crippen LogP contribution is 2.18. The smallest absolute Gasteiger partial charge is 0.167 e. The van der Waals surface area contributed by atoms with Crippen LogP contribution in [0.25, 0.3) is 0 Å². The van der Waals surface area contributed by atoms with Gasteiger partial charge in [-0.25, -0.2) is 8.78 Å². The van der Waals surface area contributed by atoms with Gasteiger partial charge in [0.1, 0.15) is 5.82 Å². The first-order valence-electron chi connectivity index (χ1n) is 5.32. The maximum absolute atomic E-state index is 13.1. The van der Waals surface area contributed by atoms with Crippen LogP contribution in [0.15, 0.2) is 18.2 Å². The summed E-state index contributed by atoms with van der Waals surface area (Å²) in [4.78, 5) is 0. The average Bonchev–Trinajstić information content (AvgIpc) is 2.22. The molecule has 0 N–H and O–H groups in total. The first kappa shape index (κ1) is 13.3. The normalized spacial score (nSPS) is 12.5. The third kappa shape index (κ3) is 4.39. The van der Waals surface area contributed by atoms with Gasteiger partial charge >= 0.3 is 0 Å². The van der Waals surface area contributed by atoms with Gasteiger partial charge in [0.2, 0.25) is 0 Å². The predicted molar refractivity (Wildman–Crippen MR) is 64.1 cm³/mol. The fourth-order valence-corrected chi connectivity index (χ4v) is 1.77. The molecule has 1 nitrogen and oxygen atoms in total. The lowest BCUT2D eigenvalue weighted by Crippen LogP contribution is -2.05. The summed E-state index contributed by atoms with van der Waals surface area (Å²) in [5.41, 5.74) is 0. The number of hydrogen-bond donors (Lipinski definition) is 1. The Morgan fingerprint density at radius 3 is 2.69 bits per heavy atom. The van der Waals surface area contributed by atoms with Crippen LogP contribution in [0.4, 0.5) is 8.78 Å². The zero-order valence-corrected chi connectivity index (χ0v) is 10.1. The molecule has 0 aliphatic carbocycles. The summed E-state index contributed by atoms with van der Waals surface area (Å²) in [5.74, 6) is 0.210. The minimum absolute atomic E-state index is 0.111. The monoisotopic (exact) mass is 246 g/mol. The van der Waals surface area contributed by atoms with E-state index in [9.17, 15) is 8.78 Å². The molecule has 0 saturated heterocycles. The molecule has 0 fully saturated rings. The van der Waals surface area contributed by atoms with Crippen molar-refractivity contribution in [1.29, 1.82) is 0 Å². The van der Waals surface area contributed by atoms with E-state index in [2.05, 4.69) is 19.6 Å². The molecule has 0 spiro atoms. The molecule has 1 atom stereocenters. The number of thiol groups is 1. The quantitative estimate of drug-likeness (QED) is 0.753. The maximum atomic E-state index is 13.1. The van der Waals surface area contributed by atoms with Gasteiger partial charge < -0.3 is 4.74 Å². The summed E-state index contributed by atoms with van der Waals surface area (Å²) in [7, 11) is 0. The second-order valence-corrected chi connectivity index (χ2v) is 4.28. The zero-order valence-electron chi connectivity index (χ0n) is 9.25. The highest BCUT2D eigenvalue weighted by molar-refractivity contribution is 7.80. The standard InChI is InChI=1S/C12H16F2OS/c1-9(5-7-16)4-6-15-12-3-2-10(13)8-11(12)14/h2-3,8-9,16H,4-7H2,1H3.